The van der Waals surface area contributed by atoms with Crippen LogP contribution in [-0.2, 0) is 21.1 Å². The molecule has 0 N–H and O–H groups in total. The zero-order valence-corrected chi connectivity index (χ0v) is 11.0. The van der Waals surface area contributed by atoms with E-state index in [9.17, 15) is 18.0 Å². The maximum Gasteiger partial charge on any atom is 0.433 e. The number of rotatable bonds is 3. The van der Waals surface area contributed by atoms with Gasteiger partial charge in [-0.2, -0.15) is 13.2 Å². The van der Waals surface area contributed by atoms with E-state index >= 15 is 0 Å². The molecule has 1 aromatic heterocycles. The Kier molecular flexibility index (Phi) is 2.65. The fraction of sp³-hybridized carbons (Fsp3) is 0.571. The van der Waals surface area contributed by atoms with Crippen molar-refractivity contribution in [2.24, 2.45) is 5.41 Å². The number of pyridine rings is 1. The molecule has 0 unspecified atom stereocenters. The number of nitrogens with zero attached hydrogens (tertiary/aromatic N) is 1. The molecule has 6 heteroatoms. The number of hydrogen-bond acceptors (Lipinski definition) is 3. The van der Waals surface area contributed by atoms with Crippen LogP contribution < -0.4 is 0 Å². The monoisotopic (exact) mass is 285 g/mol. The van der Waals surface area contributed by atoms with Gasteiger partial charge in [-0.05, 0) is 47.8 Å². The van der Waals surface area contributed by atoms with E-state index < -0.39 is 11.9 Å². The molecular weight excluding hydrogens is 271 g/mol. The summed E-state index contributed by atoms with van der Waals surface area (Å²) in [5, 5.41) is 0. The minimum Gasteiger partial charge on any atom is -0.469 e. The highest BCUT2D eigenvalue weighted by atomic mass is 19.4. The molecule has 1 heterocycles. The molecular formula is C14H14F3NO2. The molecule has 3 aliphatic carbocycles. The molecule has 2 bridgehead atoms. The molecule has 3 fully saturated rings. The van der Waals surface area contributed by atoms with Gasteiger partial charge in [0, 0.05) is 6.20 Å². The van der Waals surface area contributed by atoms with Crippen LogP contribution in [0, 0.1) is 5.41 Å². The Hall–Kier alpha value is -1.59. The average Bonchev–Trinajstić information content (AvgIpc) is 2.30. The van der Waals surface area contributed by atoms with Crippen molar-refractivity contribution in [3.63, 3.8) is 0 Å². The minimum atomic E-state index is -4.41. The summed E-state index contributed by atoms with van der Waals surface area (Å²) in [5.74, 6) is -0.246. The number of ether oxygens (including phenoxy) is 1. The van der Waals surface area contributed by atoms with Crippen molar-refractivity contribution in [3.05, 3.63) is 29.6 Å². The van der Waals surface area contributed by atoms with Gasteiger partial charge in [0.05, 0.1) is 13.5 Å². The van der Waals surface area contributed by atoms with Gasteiger partial charge in [-0.3, -0.25) is 9.78 Å². The molecule has 0 aliphatic heterocycles. The molecule has 0 atom stereocenters. The quantitative estimate of drug-likeness (QED) is 0.801. The van der Waals surface area contributed by atoms with Crippen LogP contribution in [0.1, 0.15) is 36.9 Å². The van der Waals surface area contributed by atoms with Crippen molar-refractivity contribution < 1.29 is 22.7 Å². The zero-order valence-electron chi connectivity index (χ0n) is 11.0. The van der Waals surface area contributed by atoms with E-state index in [1.807, 2.05) is 0 Å². The number of aromatic nitrogens is 1. The summed E-state index contributed by atoms with van der Waals surface area (Å²) in [7, 11) is 1.35. The average molecular weight is 285 g/mol. The molecule has 3 nitrogen and oxygen atoms in total. The fourth-order valence-corrected chi connectivity index (χ4v) is 3.79. The summed E-state index contributed by atoms with van der Waals surface area (Å²) in [6.07, 6.45) is -0.555. The number of hydrogen-bond donors (Lipinski definition) is 0. The van der Waals surface area contributed by atoms with Gasteiger partial charge < -0.3 is 4.74 Å². The highest BCUT2D eigenvalue weighted by Gasteiger charge is 2.68. The number of halogens is 3. The predicted molar refractivity (Wildman–Crippen MR) is 63.8 cm³/mol. The molecule has 3 saturated carbocycles. The third kappa shape index (κ3) is 1.89. The first kappa shape index (κ1) is 13.4. The highest BCUT2D eigenvalue weighted by molar-refractivity contribution is 5.71. The standard InChI is InChI=1S/C14H14F3NO2/c1-20-11(19)5-12-6-13(7-12,8-12)9-2-3-18-10(4-9)14(15,16)17/h2-4H,5-8H2,1H3. The number of alkyl halides is 3. The summed E-state index contributed by atoms with van der Waals surface area (Å²) >= 11 is 0. The maximum absolute atomic E-state index is 12.7. The van der Waals surface area contributed by atoms with Gasteiger partial charge in [-0.25, -0.2) is 0 Å². The third-order valence-corrected chi connectivity index (χ3v) is 4.55. The first-order valence-corrected chi connectivity index (χ1v) is 6.39. The van der Waals surface area contributed by atoms with Crippen LogP contribution in [0.15, 0.2) is 18.3 Å². The van der Waals surface area contributed by atoms with Gasteiger partial charge in [-0.15, -0.1) is 0 Å². The third-order valence-electron chi connectivity index (χ3n) is 4.55. The second-order valence-electron chi connectivity index (χ2n) is 5.99. The van der Waals surface area contributed by atoms with Crippen LogP contribution >= 0.6 is 0 Å². The van der Waals surface area contributed by atoms with E-state index in [2.05, 4.69) is 9.72 Å². The van der Waals surface area contributed by atoms with Crippen molar-refractivity contribution in [2.75, 3.05) is 7.11 Å². The highest BCUT2D eigenvalue weighted by Crippen LogP contribution is 2.75. The number of carbonyl (C=O) groups excluding carboxylic acids is 1. The minimum absolute atomic E-state index is 0.0469. The van der Waals surface area contributed by atoms with Gasteiger partial charge >= 0.3 is 12.1 Å². The van der Waals surface area contributed by atoms with Crippen LogP contribution in [0.4, 0.5) is 13.2 Å². The Morgan fingerprint density at radius 1 is 1.40 bits per heavy atom. The van der Waals surface area contributed by atoms with Crippen LogP contribution in [0.5, 0.6) is 0 Å². The number of esters is 1. The normalized spacial score (nSPS) is 31.2. The van der Waals surface area contributed by atoms with Crippen molar-refractivity contribution in [1.29, 1.82) is 0 Å². The SMILES string of the molecule is COC(=O)CC12CC(c3ccnc(C(F)(F)F)c3)(C1)C2. The number of methoxy groups -OCH3 is 1. The van der Waals surface area contributed by atoms with E-state index in [4.69, 9.17) is 0 Å². The van der Waals surface area contributed by atoms with E-state index in [1.54, 1.807) is 6.07 Å². The summed E-state index contributed by atoms with van der Waals surface area (Å²) in [5.41, 5.74) is -0.389. The summed E-state index contributed by atoms with van der Waals surface area (Å²) in [4.78, 5) is 14.7. The Labute approximate surface area is 114 Å². The molecule has 0 radical (unpaired) electrons. The second kappa shape index (κ2) is 3.96. The Morgan fingerprint density at radius 2 is 2.05 bits per heavy atom. The van der Waals surface area contributed by atoms with Gasteiger partial charge in [0.25, 0.3) is 0 Å². The predicted octanol–water partition coefficient (Wildman–Crippen LogP) is 3.09. The first-order chi connectivity index (χ1) is 9.29. The van der Waals surface area contributed by atoms with Gasteiger partial charge in [0.1, 0.15) is 5.69 Å². The van der Waals surface area contributed by atoms with Crippen LogP contribution in [0.2, 0.25) is 0 Å². The Morgan fingerprint density at radius 3 is 2.60 bits per heavy atom. The topological polar surface area (TPSA) is 39.2 Å². The van der Waals surface area contributed by atoms with E-state index in [0.717, 1.165) is 25.3 Å². The van der Waals surface area contributed by atoms with Gasteiger partial charge in [-0.1, -0.05) is 0 Å². The maximum atomic E-state index is 12.7. The molecule has 0 saturated heterocycles. The van der Waals surface area contributed by atoms with Gasteiger partial charge in [0.15, 0.2) is 0 Å². The lowest BCUT2D eigenvalue weighted by Gasteiger charge is -2.71. The largest absolute Gasteiger partial charge is 0.469 e. The molecule has 108 valence electrons. The lowest BCUT2D eigenvalue weighted by atomic mass is 9.33. The molecule has 0 spiro atoms. The van der Waals surface area contributed by atoms with E-state index in [0.29, 0.717) is 12.0 Å². The Bertz CT molecular complexity index is 548. The molecule has 3 aliphatic rings. The van der Waals surface area contributed by atoms with Crippen molar-refractivity contribution in [1.82, 2.24) is 4.98 Å². The molecule has 1 aromatic rings. The molecule has 0 aromatic carbocycles. The summed E-state index contributed by atoms with van der Waals surface area (Å²) in [6.45, 7) is 0. The molecule has 20 heavy (non-hydrogen) atoms. The molecule has 4 rings (SSSR count). The summed E-state index contributed by atoms with van der Waals surface area (Å²) in [6, 6.07) is 2.79. The van der Waals surface area contributed by atoms with Crippen molar-refractivity contribution in [3.8, 4) is 0 Å². The number of carbonyl (C=O) groups is 1. The molecule has 0 amide bonds. The van der Waals surface area contributed by atoms with Crippen LogP contribution in [-0.4, -0.2) is 18.1 Å². The lowest BCUT2D eigenvalue weighted by Crippen LogP contribution is -2.65. The van der Waals surface area contributed by atoms with E-state index in [1.165, 1.54) is 13.3 Å². The van der Waals surface area contributed by atoms with Crippen molar-refractivity contribution in [2.45, 2.75) is 37.3 Å². The second-order valence-corrected chi connectivity index (χ2v) is 5.99. The van der Waals surface area contributed by atoms with Crippen LogP contribution in [0.25, 0.3) is 0 Å². The zero-order chi connectivity index (χ0) is 14.6. The van der Waals surface area contributed by atoms with Crippen molar-refractivity contribution >= 4 is 5.97 Å². The fourth-order valence-electron chi connectivity index (χ4n) is 3.79. The van der Waals surface area contributed by atoms with Gasteiger partial charge in [0.2, 0.25) is 0 Å². The first-order valence-electron chi connectivity index (χ1n) is 6.39. The summed E-state index contributed by atoms with van der Waals surface area (Å²) < 4.78 is 42.6. The van der Waals surface area contributed by atoms with Crippen LogP contribution in [0.3, 0.4) is 0 Å². The lowest BCUT2D eigenvalue weighted by molar-refractivity contribution is -0.173. The van der Waals surface area contributed by atoms with E-state index in [-0.39, 0.29) is 16.8 Å². The smallest absolute Gasteiger partial charge is 0.433 e. The Balaban J connectivity index is 1.74.